The molecule has 1 aromatic heterocycles. The van der Waals surface area contributed by atoms with Crippen LogP contribution in [0.5, 0.6) is 5.75 Å². The number of ether oxygens (including phenoxy) is 1. The fraction of sp³-hybridized carbons (Fsp3) is 0.158. The lowest BCUT2D eigenvalue weighted by molar-refractivity contribution is -0.384. The van der Waals surface area contributed by atoms with Crippen LogP contribution in [0.15, 0.2) is 48.5 Å². The molecule has 3 aromatic rings. The molecule has 144 valence electrons. The summed E-state index contributed by atoms with van der Waals surface area (Å²) in [6, 6.07) is 12.7. The van der Waals surface area contributed by atoms with Crippen LogP contribution in [0.3, 0.4) is 0 Å². The number of hydrogen-bond donors (Lipinski definition) is 2. The number of fused-ring (bicyclic) bond motifs is 1. The highest BCUT2D eigenvalue weighted by Gasteiger charge is 2.13. The maximum atomic E-state index is 10.8. The third kappa shape index (κ3) is 4.47. The van der Waals surface area contributed by atoms with Crippen molar-refractivity contribution >= 4 is 39.8 Å². The first-order chi connectivity index (χ1) is 13.3. The summed E-state index contributed by atoms with van der Waals surface area (Å²) in [7, 11) is 0. The monoisotopic (exact) mass is 401 g/mol. The van der Waals surface area contributed by atoms with Gasteiger partial charge in [0.15, 0.2) is 6.61 Å². The smallest absolute Gasteiger partial charge is 0.341 e. The SMILES string of the molecule is CC(Nc1cc(Cl)nc2ccc(OCC(=O)O)cc12)c1ccc([N+](=O)[O-])cc1. The summed E-state index contributed by atoms with van der Waals surface area (Å²) in [6.45, 7) is 1.46. The zero-order valence-corrected chi connectivity index (χ0v) is 15.5. The first kappa shape index (κ1) is 19.4. The van der Waals surface area contributed by atoms with Gasteiger partial charge in [-0.1, -0.05) is 23.7 Å². The minimum atomic E-state index is -1.07. The van der Waals surface area contributed by atoms with Crippen molar-refractivity contribution in [2.75, 3.05) is 11.9 Å². The Morgan fingerprint density at radius 2 is 2.00 bits per heavy atom. The van der Waals surface area contributed by atoms with E-state index in [4.69, 9.17) is 21.4 Å². The number of hydrogen-bond acceptors (Lipinski definition) is 6. The molecule has 1 heterocycles. The number of nitro benzene ring substituents is 1. The number of rotatable bonds is 7. The highest BCUT2D eigenvalue weighted by Crippen LogP contribution is 2.31. The molecule has 0 radical (unpaired) electrons. The van der Waals surface area contributed by atoms with Crippen LogP contribution in [0.2, 0.25) is 5.15 Å². The summed E-state index contributed by atoms with van der Waals surface area (Å²) in [5.74, 6) is -0.676. The Morgan fingerprint density at radius 3 is 2.64 bits per heavy atom. The van der Waals surface area contributed by atoms with Crippen LogP contribution in [-0.2, 0) is 4.79 Å². The Labute approximate surface area is 164 Å². The zero-order valence-electron chi connectivity index (χ0n) is 14.8. The van der Waals surface area contributed by atoms with Gasteiger partial charge in [-0.15, -0.1) is 0 Å². The zero-order chi connectivity index (χ0) is 20.3. The van der Waals surface area contributed by atoms with Crippen molar-refractivity contribution in [3.05, 3.63) is 69.4 Å². The number of carboxylic acid groups (broad SMARTS) is 1. The normalized spacial score (nSPS) is 11.8. The fourth-order valence-electron chi connectivity index (χ4n) is 2.73. The highest BCUT2D eigenvalue weighted by atomic mass is 35.5. The fourth-order valence-corrected chi connectivity index (χ4v) is 2.93. The van der Waals surface area contributed by atoms with Gasteiger partial charge in [0.25, 0.3) is 5.69 Å². The van der Waals surface area contributed by atoms with E-state index in [0.717, 1.165) is 5.56 Å². The third-order valence-corrected chi connectivity index (χ3v) is 4.28. The molecule has 0 aliphatic carbocycles. The van der Waals surface area contributed by atoms with Crippen molar-refractivity contribution in [1.29, 1.82) is 0 Å². The van der Waals surface area contributed by atoms with E-state index in [9.17, 15) is 14.9 Å². The number of halogens is 1. The van der Waals surface area contributed by atoms with Gasteiger partial charge in [0.05, 0.1) is 10.4 Å². The predicted octanol–water partition coefficient (Wildman–Crippen LogP) is 4.43. The summed E-state index contributed by atoms with van der Waals surface area (Å²) >= 11 is 6.12. The predicted molar refractivity (Wildman–Crippen MR) is 105 cm³/mol. The van der Waals surface area contributed by atoms with E-state index in [1.165, 1.54) is 12.1 Å². The van der Waals surface area contributed by atoms with Crippen LogP contribution < -0.4 is 10.1 Å². The summed E-state index contributed by atoms with van der Waals surface area (Å²) in [6.07, 6.45) is 0. The number of carbonyl (C=O) groups is 1. The summed E-state index contributed by atoms with van der Waals surface area (Å²) < 4.78 is 5.23. The average Bonchev–Trinajstić information content (AvgIpc) is 2.66. The minimum Gasteiger partial charge on any atom is -0.482 e. The van der Waals surface area contributed by atoms with Gasteiger partial charge in [0, 0.05) is 29.2 Å². The molecular weight excluding hydrogens is 386 g/mol. The number of anilines is 1. The number of nitrogens with zero attached hydrogens (tertiary/aromatic N) is 2. The molecule has 0 bridgehead atoms. The van der Waals surface area contributed by atoms with E-state index < -0.39 is 17.5 Å². The molecule has 0 aliphatic heterocycles. The first-order valence-electron chi connectivity index (χ1n) is 8.29. The number of carboxylic acids is 1. The number of nitro groups is 1. The number of non-ortho nitro benzene ring substituents is 1. The lowest BCUT2D eigenvalue weighted by Crippen LogP contribution is -2.10. The van der Waals surface area contributed by atoms with E-state index in [1.54, 1.807) is 36.4 Å². The molecule has 0 saturated heterocycles. The van der Waals surface area contributed by atoms with Gasteiger partial charge in [0.1, 0.15) is 10.9 Å². The number of pyridine rings is 1. The van der Waals surface area contributed by atoms with Crippen molar-refractivity contribution in [1.82, 2.24) is 4.98 Å². The Morgan fingerprint density at radius 1 is 1.29 bits per heavy atom. The van der Waals surface area contributed by atoms with Gasteiger partial charge in [-0.3, -0.25) is 10.1 Å². The van der Waals surface area contributed by atoms with Crippen molar-refractivity contribution < 1.29 is 19.6 Å². The van der Waals surface area contributed by atoms with Crippen LogP contribution in [0.4, 0.5) is 11.4 Å². The molecule has 1 atom stereocenters. The first-order valence-corrected chi connectivity index (χ1v) is 8.67. The van der Waals surface area contributed by atoms with E-state index in [0.29, 0.717) is 27.5 Å². The number of nitrogens with one attached hydrogen (secondary N) is 1. The molecule has 0 aliphatic rings. The van der Waals surface area contributed by atoms with Crippen molar-refractivity contribution in [3.8, 4) is 5.75 Å². The van der Waals surface area contributed by atoms with Gasteiger partial charge in [-0.25, -0.2) is 9.78 Å². The highest BCUT2D eigenvalue weighted by molar-refractivity contribution is 6.30. The van der Waals surface area contributed by atoms with Crippen LogP contribution in [0, 0.1) is 10.1 Å². The van der Waals surface area contributed by atoms with E-state index in [1.807, 2.05) is 6.92 Å². The molecule has 0 saturated carbocycles. The number of aromatic nitrogens is 1. The molecular formula is C19H16ClN3O5. The quantitative estimate of drug-likeness (QED) is 0.341. The molecule has 1 unspecified atom stereocenters. The second-order valence-electron chi connectivity index (χ2n) is 6.07. The summed E-state index contributed by atoms with van der Waals surface area (Å²) in [5.41, 5.74) is 2.17. The van der Waals surface area contributed by atoms with E-state index >= 15 is 0 Å². The Bertz CT molecular complexity index is 1040. The molecule has 0 spiro atoms. The topological polar surface area (TPSA) is 115 Å². The molecule has 8 nitrogen and oxygen atoms in total. The molecule has 3 rings (SSSR count). The van der Waals surface area contributed by atoms with Crippen molar-refractivity contribution in [3.63, 3.8) is 0 Å². The van der Waals surface area contributed by atoms with Gasteiger partial charge < -0.3 is 15.2 Å². The second kappa shape index (κ2) is 8.10. The van der Waals surface area contributed by atoms with E-state index in [2.05, 4.69) is 10.3 Å². The summed E-state index contributed by atoms with van der Waals surface area (Å²) in [4.78, 5) is 25.3. The molecule has 28 heavy (non-hydrogen) atoms. The largest absolute Gasteiger partial charge is 0.482 e. The Balaban J connectivity index is 1.90. The molecule has 2 N–H and O–H groups in total. The third-order valence-electron chi connectivity index (χ3n) is 4.09. The molecule has 9 heteroatoms. The van der Waals surface area contributed by atoms with Crippen molar-refractivity contribution in [2.24, 2.45) is 0 Å². The van der Waals surface area contributed by atoms with Gasteiger partial charge in [-0.05, 0) is 36.8 Å². The van der Waals surface area contributed by atoms with Gasteiger partial charge in [0.2, 0.25) is 0 Å². The van der Waals surface area contributed by atoms with Crippen LogP contribution in [-0.4, -0.2) is 27.6 Å². The van der Waals surface area contributed by atoms with Gasteiger partial charge in [-0.2, -0.15) is 0 Å². The summed E-state index contributed by atoms with van der Waals surface area (Å²) in [5, 5.41) is 23.9. The maximum Gasteiger partial charge on any atom is 0.341 e. The number of aliphatic carboxylic acids is 1. The lowest BCUT2D eigenvalue weighted by Gasteiger charge is -2.18. The molecule has 0 fully saturated rings. The van der Waals surface area contributed by atoms with Gasteiger partial charge >= 0.3 is 5.97 Å². The van der Waals surface area contributed by atoms with E-state index in [-0.39, 0.29) is 11.7 Å². The Kier molecular flexibility index (Phi) is 5.60. The van der Waals surface area contributed by atoms with Crippen LogP contribution >= 0.6 is 11.6 Å². The van der Waals surface area contributed by atoms with Crippen LogP contribution in [0.25, 0.3) is 10.9 Å². The number of benzene rings is 2. The molecule has 0 amide bonds. The lowest BCUT2D eigenvalue weighted by atomic mass is 10.1. The standard InChI is InChI=1S/C19H16ClN3O5/c1-11(12-2-4-13(5-3-12)23(26)27)21-17-9-18(20)22-16-7-6-14(8-15(16)17)28-10-19(24)25/h2-9,11H,10H2,1H3,(H,21,22)(H,24,25). The Hall–Kier alpha value is -3.39. The second-order valence-corrected chi connectivity index (χ2v) is 6.46. The average molecular weight is 402 g/mol. The minimum absolute atomic E-state index is 0.0218. The molecule has 2 aromatic carbocycles. The van der Waals surface area contributed by atoms with Crippen LogP contribution in [0.1, 0.15) is 18.5 Å². The van der Waals surface area contributed by atoms with Crippen molar-refractivity contribution in [2.45, 2.75) is 13.0 Å². The maximum absolute atomic E-state index is 10.8.